The van der Waals surface area contributed by atoms with Crippen LogP contribution >= 0.6 is 43.2 Å². The Morgan fingerprint density at radius 3 is 2.37 bits per heavy atom. The van der Waals surface area contributed by atoms with Crippen LogP contribution in [0.4, 0.5) is 0 Å². The van der Waals surface area contributed by atoms with Gasteiger partial charge in [0.1, 0.15) is 5.01 Å². The Kier molecular flexibility index (Phi) is 3.82. The van der Waals surface area contributed by atoms with Gasteiger partial charge in [0.2, 0.25) is 0 Å². The molecule has 19 heavy (non-hydrogen) atoms. The monoisotopic (exact) mass is 393 g/mol. The second kappa shape index (κ2) is 5.57. The van der Waals surface area contributed by atoms with E-state index in [4.69, 9.17) is 4.98 Å². The third-order valence-corrected chi connectivity index (χ3v) is 4.63. The minimum atomic E-state index is 1.02. The zero-order valence-electron chi connectivity index (χ0n) is 9.81. The second-order valence-corrected chi connectivity index (χ2v) is 6.74. The van der Waals surface area contributed by atoms with E-state index in [0.29, 0.717) is 0 Å². The summed E-state index contributed by atoms with van der Waals surface area (Å²) in [5.41, 5.74) is 3.30. The maximum Gasteiger partial charge on any atom is 0.124 e. The summed E-state index contributed by atoms with van der Waals surface area (Å²) in [7, 11) is 0. The van der Waals surface area contributed by atoms with Gasteiger partial charge in [-0.1, -0.05) is 56.1 Å². The summed E-state index contributed by atoms with van der Waals surface area (Å²) in [6, 6.07) is 16.4. The lowest BCUT2D eigenvalue weighted by atomic mass is 10.2. The molecule has 1 heterocycles. The lowest BCUT2D eigenvalue weighted by Gasteiger charge is -1.98. The molecule has 0 atom stereocenters. The van der Waals surface area contributed by atoms with Crippen LogP contribution in [0.5, 0.6) is 0 Å². The number of benzene rings is 2. The number of thiazole rings is 1. The molecule has 1 aromatic heterocycles. The molecular weight excluding hydrogens is 386 g/mol. The molecule has 0 radical (unpaired) electrons. The molecule has 0 unspecified atom stereocenters. The third kappa shape index (κ3) is 2.96. The quantitative estimate of drug-likeness (QED) is 0.519. The predicted octanol–water partition coefficient (Wildman–Crippen LogP) is 6.00. The molecule has 0 aliphatic carbocycles. The second-order valence-electron chi connectivity index (χ2n) is 4.06. The van der Waals surface area contributed by atoms with Crippen LogP contribution in [0.15, 0.2) is 62.9 Å². The summed E-state index contributed by atoms with van der Waals surface area (Å²) in [6.45, 7) is 0. The smallest absolute Gasteiger partial charge is 0.124 e. The number of hydrogen-bond acceptors (Lipinski definition) is 2. The van der Waals surface area contributed by atoms with Gasteiger partial charge in [-0.2, -0.15) is 0 Å². The van der Waals surface area contributed by atoms with Crippen LogP contribution < -0.4 is 0 Å². The fraction of sp³-hybridized carbons (Fsp3) is 0. The zero-order valence-corrected chi connectivity index (χ0v) is 13.8. The van der Waals surface area contributed by atoms with E-state index in [1.807, 2.05) is 24.3 Å². The van der Waals surface area contributed by atoms with Crippen LogP contribution in [0.25, 0.3) is 21.8 Å². The Labute approximate surface area is 132 Å². The van der Waals surface area contributed by atoms with Crippen molar-refractivity contribution in [2.45, 2.75) is 0 Å². The highest BCUT2D eigenvalue weighted by molar-refractivity contribution is 9.10. The molecule has 4 heteroatoms. The van der Waals surface area contributed by atoms with E-state index in [2.05, 4.69) is 61.5 Å². The predicted molar refractivity (Wildman–Crippen MR) is 88.4 cm³/mol. The first-order valence-electron chi connectivity index (χ1n) is 5.70. The van der Waals surface area contributed by atoms with E-state index >= 15 is 0 Å². The fourth-order valence-corrected chi connectivity index (χ4v) is 3.27. The van der Waals surface area contributed by atoms with Crippen molar-refractivity contribution in [2.75, 3.05) is 0 Å². The van der Waals surface area contributed by atoms with Gasteiger partial charge in [0, 0.05) is 25.5 Å². The highest BCUT2D eigenvalue weighted by atomic mass is 79.9. The maximum absolute atomic E-state index is 4.70. The molecule has 0 saturated carbocycles. The van der Waals surface area contributed by atoms with Gasteiger partial charge in [-0.15, -0.1) is 11.3 Å². The van der Waals surface area contributed by atoms with Gasteiger partial charge < -0.3 is 0 Å². The summed E-state index contributed by atoms with van der Waals surface area (Å²) in [5.74, 6) is 0. The molecule has 3 rings (SSSR count). The number of halogens is 2. The molecular formula is C15H9Br2NS. The van der Waals surface area contributed by atoms with Crippen molar-refractivity contribution in [1.82, 2.24) is 4.98 Å². The Hall–Kier alpha value is -0.970. The summed E-state index contributed by atoms with van der Waals surface area (Å²) in [5, 5.41) is 3.14. The van der Waals surface area contributed by atoms with Gasteiger partial charge in [0.25, 0.3) is 0 Å². The first-order chi connectivity index (χ1) is 9.22. The average Bonchev–Trinajstić information content (AvgIpc) is 2.89. The lowest BCUT2D eigenvalue weighted by molar-refractivity contribution is 1.40. The van der Waals surface area contributed by atoms with Crippen molar-refractivity contribution in [2.24, 2.45) is 0 Å². The van der Waals surface area contributed by atoms with Gasteiger partial charge in [0.05, 0.1) is 5.69 Å². The molecule has 3 aromatic rings. The Balaban J connectivity index is 1.97. The first kappa shape index (κ1) is 13.0. The average molecular weight is 395 g/mol. The Bertz CT molecular complexity index is 704. The maximum atomic E-state index is 4.70. The highest BCUT2D eigenvalue weighted by Gasteiger charge is 2.06. The van der Waals surface area contributed by atoms with Crippen LogP contribution in [0.1, 0.15) is 0 Å². The van der Waals surface area contributed by atoms with E-state index in [-0.39, 0.29) is 0 Å². The summed E-state index contributed by atoms with van der Waals surface area (Å²) in [6.07, 6.45) is 0. The summed E-state index contributed by atoms with van der Waals surface area (Å²) >= 11 is 8.60. The molecule has 1 nitrogen and oxygen atoms in total. The standard InChI is InChI=1S/C15H9Br2NS/c16-12-6-4-10(5-7-12)14-9-19-15(18-14)11-2-1-3-13(17)8-11/h1-9H. The van der Waals surface area contributed by atoms with Crippen LogP contribution in [0.3, 0.4) is 0 Å². The van der Waals surface area contributed by atoms with Crippen molar-refractivity contribution in [1.29, 1.82) is 0 Å². The van der Waals surface area contributed by atoms with E-state index in [1.165, 1.54) is 0 Å². The van der Waals surface area contributed by atoms with Crippen LogP contribution in [0.2, 0.25) is 0 Å². The molecule has 0 amide bonds. The fourth-order valence-electron chi connectivity index (χ4n) is 1.78. The SMILES string of the molecule is Brc1ccc(-c2csc(-c3cccc(Br)c3)n2)cc1. The molecule has 0 bridgehead atoms. The van der Waals surface area contributed by atoms with Gasteiger partial charge in [0.15, 0.2) is 0 Å². The minimum absolute atomic E-state index is 1.02. The zero-order chi connectivity index (χ0) is 13.2. The van der Waals surface area contributed by atoms with Crippen LogP contribution in [-0.2, 0) is 0 Å². The molecule has 0 N–H and O–H groups in total. The third-order valence-electron chi connectivity index (χ3n) is 2.72. The number of hydrogen-bond donors (Lipinski definition) is 0. The Morgan fingerprint density at radius 1 is 0.842 bits per heavy atom. The number of rotatable bonds is 2. The van der Waals surface area contributed by atoms with Crippen molar-refractivity contribution < 1.29 is 0 Å². The normalized spacial score (nSPS) is 10.6. The van der Waals surface area contributed by atoms with E-state index < -0.39 is 0 Å². The van der Waals surface area contributed by atoms with Crippen molar-refractivity contribution >= 4 is 43.2 Å². The van der Waals surface area contributed by atoms with E-state index in [1.54, 1.807) is 11.3 Å². The van der Waals surface area contributed by atoms with Crippen molar-refractivity contribution in [3.63, 3.8) is 0 Å². The van der Waals surface area contributed by atoms with Crippen molar-refractivity contribution in [3.05, 3.63) is 62.9 Å². The van der Waals surface area contributed by atoms with E-state index in [0.717, 1.165) is 30.8 Å². The molecule has 0 fully saturated rings. The largest absolute Gasteiger partial charge is 0.236 e. The van der Waals surface area contributed by atoms with Gasteiger partial charge >= 0.3 is 0 Å². The molecule has 94 valence electrons. The topological polar surface area (TPSA) is 12.9 Å². The molecule has 2 aromatic carbocycles. The molecule has 0 saturated heterocycles. The minimum Gasteiger partial charge on any atom is -0.236 e. The van der Waals surface area contributed by atoms with Crippen LogP contribution in [0, 0.1) is 0 Å². The first-order valence-corrected chi connectivity index (χ1v) is 8.16. The van der Waals surface area contributed by atoms with Gasteiger partial charge in [-0.05, 0) is 24.3 Å². The van der Waals surface area contributed by atoms with E-state index in [9.17, 15) is 0 Å². The van der Waals surface area contributed by atoms with Crippen molar-refractivity contribution in [3.8, 4) is 21.8 Å². The highest BCUT2D eigenvalue weighted by Crippen LogP contribution is 2.30. The summed E-state index contributed by atoms with van der Waals surface area (Å²) < 4.78 is 2.16. The summed E-state index contributed by atoms with van der Waals surface area (Å²) in [4.78, 5) is 4.70. The molecule has 0 aliphatic rings. The number of aromatic nitrogens is 1. The molecule has 0 aliphatic heterocycles. The lowest BCUT2D eigenvalue weighted by Crippen LogP contribution is -1.79. The van der Waals surface area contributed by atoms with Gasteiger partial charge in [-0.3, -0.25) is 0 Å². The number of nitrogens with zero attached hydrogens (tertiary/aromatic N) is 1. The Morgan fingerprint density at radius 2 is 1.63 bits per heavy atom. The van der Waals surface area contributed by atoms with Crippen LogP contribution in [-0.4, -0.2) is 4.98 Å². The van der Waals surface area contributed by atoms with Gasteiger partial charge in [-0.25, -0.2) is 4.98 Å². The molecule has 0 spiro atoms.